The number of carbonyl (C=O) groups excluding carboxylic acids is 1. The van der Waals surface area contributed by atoms with Crippen LogP contribution in [-0.2, 0) is 14.9 Å². The van der Waals surface area contributed by atoms with Gasteiger partial charge >= 0.3 is 0 Å². The van der Waals surface area contributed by atoms with E-state index < -0.39 is 5.82 Å². The van der Waals surface area contributed by atoms with Crippen LogP contribution in [0.2, 0.25) is 0 Å². The van der Waals surface area contributed by atoms with Gasteiger partial charge in [-0.25, -0.2) is 9.37 Å². The minimum Gasteiger partial charge on any atom is -0.491 e. The molecule has 1 aliphatic carbocycles. The molecule has 0 bridgehead atoms. The van der Waals surface area contributed by atoms with Crippen molar-refractivity contribution in [1.29, 1.82) is 0 Å². The molecule has 8 nitrogen and oxygen atoms in total. The zero-order valence-electron chi connectivity index (χ0n) is 20.1. The zero-order chi connectivity index (χ0) is 25.1. The summed E-state index contributed by atoms with van der Waals surface area (Å²) >= 11 is 0. The number of ether oxygens (including phenoxy) is 2. The van der Waals surface area contributed by atoms with E-state index in [0.717, 1.165) is 42.4 Å². The molecule has 0 unspecified atom stereocenters. The maximum Gasteiger partial charge on any atom is 0.250 e. The number of methoxy groups -OCH3 is 1. The summed E-state index contributed by atoms with van der Waals surface area (Å²) in [4.78, 5) is 22.6. The number of halogens is 1. The van der Waals surface area contributed by atoms with Crippen LogP contribution in [0.1, 0.15) is 24.8 Å². The smallest absolute Gasteiger partial charge is 0.250 e. The highest BCUT2D eigenvalue weighted by Gasteiger charge is 2.48. The van der Waals surface area contributed by atoms with Gasteiger partial charge in [0, 0.05) is 36.1 Å². The van der Waals surface area contributed by atoms with Crippen LogP contribution in [0, 0.1) is 5.82 Å². The molecule has 2 aromatic carbocycles. The van der Waals surface area contributed by atoms with E-state index in [2.05, 4.69) is 27.2 Å². The van der Waals surface area contributed by atoms with Crippen LogP contribution in [0.5, 0.6) is 5.75 Å². The van der Waals surface area contributed by atoms with Crippen molar-refractivity contribution in [3.8, 4) is 5.75 Å². The Labute approximate surface area is 209 Å². The highest BCUT2D eigenvalue weighted by Crippen LogP contribution is 2.53. The van der Waals surface area contributed by atoms with Crippen molar-refractivity contribution in [2.75, 3.05) is 42.4 Å². The van der Waals surface area contributed by atoms with Crippen LogP contribution in [0.15, 0.2) is 61.3 Å². The van der Waals surface area contributed by atoms with E-state index in [9.17, 15) is 9.18 Å². The molecule has 2 heterocycles. The molecule has 1 aliphatic heterocycles. The summed E-state index contributed by atoms with van der Waals surface area (Å²) in [5, 5.41) is 6.12. The van der Waals surface area contributed by atoms with Gasteiger partial charge in [-0.1, -0.05) is 19.1 Å². The summed E-state index contributed by atoms with van der Waals surface area (Å²) in [6.45, 7) is 5.27. The fourth-order valence-electron chi connectivity index (χ4n) is 4.75. The molecule has 2 aliphatic rings. The third-order valence-corrected chi connectivity index (χ3v) is 6.75. The van der Waals surface area contributed by atoms with Gasteiger partial charge in [-0.3, -0.25) is 4.79 Å². The molecule has 1 spiro atoms. The van der Waals surface area contributed by atoms with Gasteiger partial charge in [-0.15, -0.1) is 0 Å². The molecule has 36 heavy (non-hydrogen) atoms. The third-order valence-electron chi connectivity index (χ3n) is 6.75. The Balaban J connectivity index is 1.33. The van der Waals surface area contributed by atoms with Crippen molar-refractivity contribution in [1.82, 2.24) is 9.97 Å². The lowest BCUT2D eigenvalue weighted by molar-refractivity contribution is -0.114. The van der Waals surface area contributed by atoms with Gasteiger partial charge in [0.15, 0.2) is 11.6 Å². The summed E-state index contributed by atoms with van der Waals surface area (Å²) < 4.78 is 25.1. The topological polar surface area (TPSA) is 88.6 Å². The molecule has 1 saturated carbocycles. The molecule has 1 amide bonds. The van der Waals surface area contributed by atoms with Gasteiger partial charge in [-0.05, 0) is 60.9 Å². The van der Waals surface area contributed by atoms with Crippen LogP contribution in [0.4, 0.5) is 33.2 Å². The lowest BCUT2D eigenvalue weighted by Gasteiger charge is -2.38. The molecule has 186 valence electrons. The fourth-order valence-corrected chi connectivity index (χ4v) is 4.75. The molecule has 3 aromatic rings. The van der Waals surface area contributed by atoms with Crippen LogP contribution >= 0.6 is 0 Å². The second-order valence-corrected chi connectivity index (χ2v) is 9.00. The molecule has 0 saturated heterocycles. The Hall–Kier alpha value is -3.98. The Morgan fingerprint density at radius 2 is 1.94 bits per heavy atom. The monoisotopic (exact) mass is 489 g/mol. The number of hydrogen-bond acceptors (Lipinski definition) is 7. The van der Waals surface area contributed by atoms with E-state index >= 15 is 0 Å². The fraction of sp³-hybridized carbons (Fsp3) is 0.296. The Kier molecular flexibility index (Phi) is 6.56. The number of nitrogens with one attached hydrogen (secondary N) is 2. The van der Waals surface area contributed by atoms with Crippen molar-refractivity contribution < 1.29 is 18.7 Å². The van der Waals surface area contributed by atoms with Gasteiger partial charge in [0.05, 0.1) is 12.8 Å². The van der Waals surface area contributed by atoms with E-state index in [4.69, 9.17) is 9.47 Å². The number of aromatic nitrogens is 2. The van der Waals surface area contributed by atoms with E-state index in [0.29, 0.717) is 31.2 Å². The summed E-state index contributed by atoms with van der Waals surface area (Å²) in [5.74, 6) is 0.267. The van der Waals surface area contributed by atoms with Gasteiger partial charge < -0.3 is 25.0 Å². The standard InChI is InChI=1S/C27H28FN5O3/c1-3-24(34)33-17-27(11-4-12-27)21-10-7-19(15-23(21)33)30-25-22(28)16-29-26(32-25)31-18-5-8-20(9-6-18)36-14-13-35-2/h3,5-10,15-16H,1,4,11-14,17H2,2H3,(H2,29,30,31,32). The van der Waals surface area contributed by atoms with Crippen molar-refractivity contribution in [3.05, 3.63) is 72.7 Å². The number of nitrogens with zero attached hydrogens (tertiary/aromatic N) is 3. The van der Waals surface area contributed by atoms with Gasteiger partial charge in [-0.2, -0.15) is 4.98 Å². The van der Waals surface area contributed by atoms with E-state index in [1.807, 2.05) is 42.5 Å². The van der Waals surface area contributed by atoms with Gasteiger partial charge in [0.25, 0.3) is 0 Å². The average Bonchev–Trinajstić information content (AvgIpc) is 3.22. The molecule has 1 fully saturated rings. The van der Waals surface area contributed by atoms with Crippen molar-refractivity contribution >= 4 is 34.7 Å². The lowest BCUT2D eigenvalue weighted by Crippen LogP contribution is -2.40. The maximum atomic E-state index is 14.6. The number of benzene rings is 2. The number of amides is 1. The number of hydrogen-bond donors (Lipinski definition) is 2. The van der Waals surface area contributed by atoms with Crippen LogP contribution in [-0.4, -0.2) is 42.7 Å². The summed E-state index contributed by atoms with van der Waals surface area (Å²) in [7, 11) is 1.62. The predicted octanol–water partition coefficient (Wildman–Crippen LogP) is 5.08. The highest BCUT2D eigenvalue weighted by molar-refractivity contribution is 6.03. The second-order valence-electron chi connectivity index (χ2n) is 9.00. The normalized spacial score (nSPS) is 15.2. The molecule has 0 atom stereocenters. The molecule has 9 heteroatoms. The minimum atomic E-state index is -0.586. The van der Waals surface area contributed by atoms with E-state index in [1.165, 1.54) is 6.08 Å². The first-order valence-corrected chi connectivity index (χ1v) is 11.9. The first kappa shape index (κ1) is 23.7. The maximum absolute atomic E-state index is 14.6. The molecular formula is C27H28FN5O3. The zero-order valence-corrected chi connectivity index (χ0v) is 20.1. The highest BCUT2D eigenvalue weighted by atomic mass is 19.1. The van der Waals surface area contributed by atoms with Crippen molar-refractivity contribution in [3.63, 3.8) is 0 Å². The predicted molar refractivity (Wildman–Crippen MR) is 137 cm³/mol. The summed E-state index contributed by atoms with van der Waals surface area (Å²) in [6, 6.07) is 13.1. The first-order valence-electron chi connectivity index (χ1n) is 11.9. The van der Waals surface area contributed by atoms with E-state index in [1.54, 1.807) is 12.0 Å². The third kappa shape index (κ3) is 4.61. The minimum absolute atomic E-state index is 0.0220. The Morgan fingerprint density at radius 3 is 2.64 bits per heavy atom. The number of fused-ring (bicyclic) bond motifs is 2. The average molecular weight is 490 g/mol. The second kappa shape index (κ2) is 9.94. The largest absolute Gasteiger partial charge is 0.491 e. The van der Waals surface area contributed by atoms with E-state index in [-0.39, 0.29) is 23.1 Å². The summed E-state index contributed by atoms with van der Waals surface area (Å²) in [5.41, 5.74) is 3.38. The molecular weight excluding hydrogens is 461 g/mol. The molecule has 0 radical (unpaired) electrons. The summed E-state index contributed by atoms with van der Waals surface area (Å²) in [6.07, 6.45) is 5.72. The van der Waals surface area contributed by atoms with Gasteiger partial charge in [0.1, 0.15) is 12.4 Å². The van der Waals surface area contributed by atoms with Crippen LogP contribution in [0.25, 0.3) is 0 Å². The Bertz CT molecular complexity index is 1280. The van der Waals surface area contributed by atoms with Crippen molar-refractivity contribution in [2.24, 2.45) is 0 Å². The Morgan fingerprint density at radius 1 is 1.17 bits per heavy atom. The van der Waals surface area contributed by atoms with Crippen LogP contribution in [0.3, 0.4) is 0 Å². The molecule has 5 rings (SSSR count). The van der Waals surface area contributed by atoms with Crippen LogP contribution < -0.4 is 20.3 Å². The van der Waals surface area contributed by atoms with Crippen molar-refractivity contribution in [2.45, 2.75) is 24.7 Å². The number of anilines is 5. The number of rotatable bonds is 9. The lowest BCUT2D eigenvalue weighted by atomic mass is 9.66. The molecule has 2 N–H and O–H groups in total. The quantitative estimate of drug-likeness (QED) is 0.320. The molecule has 1 aromatic heterocycles. The number of carbonyl (C=O) groups is 1. The van der Waals surface area contributed by atoms with Gasteiger partial charge in [0.2, 0.25) is 11.9 Å². The SMILES string of the molecule is C=CC(=O)N1CC2(CCC2)c2ccc(Nc3nc(Nc4ccc(OCCOC)cc4)ncc3F)cc21. The first-order chi connectivity index (χ1) is 17.5.